The van der Waals surface area contributed by atoms with E-state index in [2.05, 4.69) is 5.43 Å². The van der Waals surface area contributed by atoms with Gasteiger partial charge in [0.05, 0.1) is 17.7 Å². The van der Waals surface area contributed by atoms with Crippen molar-refractivity contribution in [1.29, 1.82) is 0 Å². The van der Waals surface area contributed by atoms with Gasteiger partial charge < -0.3 is 18.9 Å². The van der Waals surface area contributed by atoms with Crippen molar-refractivity contribution >= 4 is 30.5 Å². The topological polar surface area (TPSA) is 97.4 Å². The lowest BCUT2D eigenvalue weighted by Crippen LogP contribution is -2.53. The molecular weight excluding hydrogens is 449 g/mol. The number of nitrogens with zero attached hydrogens (tertiary/aromatic N) is 2. The Bertz CT molecular complexity index is 941. The molecule has 0 radical (unpaired) electrons. The van der Waals surface area contributed by atoms with Crippen LogP contribution in [0.1, 0.15) is 73.8 Å². The largest absolute Gasteiger partial charge is 0.494 e. The number of hydrogen-bond donors (Lipinski definition) is 1. The second kappa shape index (κ2) is 9.81. The second-order valence-electron chi connectivity index (χ2n) is 11.2. The summed E-state index contributed by atoms with van der Waals surface area (Å²) in [6.07, 6.45) is 0.620. The van der Waals surface area contributed by atoms with Gasteiger partial charge in [-0.05, 0) is 72.3 Å². The fourth-order valence-electron chi connectivity index (χ4n) is 4.03. The van der Waals surface area contributed by atoms with Gasteiger partial charge in [-0.2, -0.15) is 0 Å². The van der Waals surface area contributed by atoms with Gasteiger partial charge in [-0.15, -0.1) is 0 Å². The number of benzene rings is 1. The molecule has 3 rings (SSSR count). The average molecular weight is 487 g/mol. The molecule has 0 bridgehead atoms. The number of nitrogens with one attached hydrogen (secondary N) is 1. The summed E-state index contributed by atoms with van der Waals surface area (Å²) < 4.78 is 17.7. The molecular formula is C25H38BN3O6. The zero-order valence-electron chi connectivity index (χ0n) is 22.1. The zero-order valence-corrected chi connectivity index (χ0v) is 22.1. The second-order valence-corrected chi connectivity index (χ2v) is 11.2. The maximum atomic E-state index is 13.0. The standard InChI is InChI=1S/C25H38BN3O6/c1-17(30)28-15-9-10-20(28)21(31)27-29(22(32)33-23(2,3)4)16-18-11-13-19(14-12-18)26-34-24(5,6)25(7,8)35-26/h11-14,20H,9-10,15-16H2,1-8H3,(H,27,31). The highest BCUT2D eigenvalue weighted by Crippen LogP contribution is 2.36. The van der Waals surface area contributed by atoms with Crippen LogP contribution in [0.15, 0.2) is 24.3 Å². The molecule has 2 aliphatic heterocycles. The number of hydrazine groups is 1. The third-order valence-electron chi connectivity index (χ3n) is 6.66. The fourth-order valence-corrected chi connectivity index (χ4v) is 4.03. The molecule has 1 aromatic carbocycles. The van der Waals surface area contributed by atoms with Crippen molar-refractivity contribution in [2.24, 2.45) is 0 Å². The molecule has 1 atom stereocenters. The van der Waals surface area contributed by atoms with E-state index in [4.69, 9.17) is 14.0 Å². The number of ether oxygens (including phenoxy) is 1. The van der Waals surface area contributed by atoms with Crippen molar-refractivity contribution in [2.45, 2.75) is 97.6 Å². The van der Waals surface area contributed by atoms with Crippen molar-refractivity contribution in [3.8, 4) is 0 Å². The summed E-state index contributed by atoms with van der Waals surface area (Å²) in [5, 5.41) is 1.16. The van der Waals surface area contributed by atoms with Crippen LogP contribution in [0.5, 0.6) is 0 Å². The van der Waals surface area contributed by atoms with Crippen LogP contribution in [0.3, 0.4) is 0 Å². The van der Waals surface area contributed by atoms with E-state index in [0.717, 1.165) is 22.5 Å². The summed E-state index contributed by atoms with van der Waals surface area (Å²) in [7, 11) is -0.490. The minimum atomic E-state index is -0.737. The van der Waals surface area contributed by atoms with Crippen molar-refractivity contribution in [2.75, 3.05) is 6.54 Å². The van der Waals surface area contributed by atoms with Crippen molar-refractivity contribution < 1.29 is 28.4 Å². The summed E-state index contributed by atoms with van der Waals surface area (Å²) in [5.74, 6) is -0.567. The Morgan fingerprint density at radius 1 is 1.11 bits per heavy atom. The quantitative estimate of drug-likeness (QED) is 0.518. The Morgan fingerprint density at radius 3 is 2.20 bits per heavy atom. The molecule has 9 nitrogen and oxygen atoms in total. The van der Waals surface area contributed by atoms with Crippen molar-refractivity contribution in [3.63, 3.8) is 0 Å². The molecule has 2 fully saturated rings. The Morgan fingerprint density at radius 2 is 1.69 bits per heavy atom. The Balaban J connectivity index is 1.74. The van der Waals surface area contributed by atoms with E-state index < -0.39 is 42.0 Å². The lowest BCUT2D eigenvalue weighted by Gasteiger charge is -2.32. The SMILES string of the molecule is CC(=O)N1CCCC1C(=O)NN(Cc1ccc(B2OC(C)(C)C(C)(C)O2)cc1)C(=O)OC(C)(C)C. The minimum absolute atomic E-state index is 0.0943. The lowest BCUT2D eigenvalue weighted by molar-refractivity contribution is -0.139. The number of amides is 3. The first-order valence-electron chi connectivity index (χ1n) is 12.1. The zero-order chi connectivity index (χ0) is 26.2. The van der Waals surface area contributed by atoms with Crippen LogP contribution in [0.2, 0.25) is 0 Å². The van der Waals surface area contributed by atoms with E-state index in [1.165, 1.54) is 11.8 Å². The molecule has 3 amide bonds. The summed E-state index contributed by atoms with van der Waals surface area (Å²) in [6.45, 7) is 15.4. The highest BCUT2D eigenvalue weighted by Gasteiger charge is 2.51. The van der Waals surface area contributed by atoms with Gasteiger partial charge in [0.1, 0.15) is 11.6 Å². The number of carbonyl (C=O) groups is 3. The molecule has 2 heterocycles. The first-order chi connectivity index (χ1) is 16.1. The molecule has 2 aliphatic rings. The van der Waals surface area contributed by atoms with E-state index in [0.29, 0.717) is 13.0 Å². The van der Waals surface area contributed by atoms with Gasteiger partial charge in [0.25, 0.3) is 5.91 Å². The average Bonchev–Trinajstić information content (AvgIpc) is 3.29. The fraction of sp³-hybridized carbons (Fsp3) is 0.640. The Labute approximate surface area is 208 Å². The third kappa shape index (κ3) is 6.35. The smallest absolute Gasteiger partial charge is 0.442 e. The molecule has 0 saturated carbocycles. The van der Waals surface area contributed by atoms with Crippen LogP contribution in [-0.4, -0.2) is 64.3 Å². The summed E-state index contributed by atoms with van der Waals surface area (Å²) in [4.78, 5) is 39.3. The van der Waals surface area contributed by atoms with Crippen LogP contribution in [0.25, 0.3) is 0 Å². The first-order valence-corrected chi connectivity index (χ1v) is 12.1. The Hall–Kier alpha value is -2.59. The van der Waals surface area contributed by atoms with Crippen LogP contribution in [0.4, 0.5) is 4.79 Å². The third-order valence-corrected chi connectivity index (χ3v) is 6.66. The summed E-state index contributed by atoms with van der Waals surface area (Å²) in [5.41, 5.74) is 2.71. The summed E-state index contributed by atoms with van der Waals surface area (Å²) in [6, 6.07) is 6.90. The maximum Gasteiger partial charge on any atom is 0.494 e. The molecule has 1 aromatic rings. The van der Waals surface area contributed by atoms with E-state index in [-0.39, 0.29) is 12.5 Å². The molecule has 1 unspecified atom stereocenters. The van der Waals surface area contributed by atoms with Crippen molar-refractivity contribution in [1.82, 2.24) is 15.3 Å². The molecule has 0 spiro atoms. The van der Waals surface area contributed by atoms with Gasteiger partial charge in [-0.25, -0.2) is 9.80 Å². The normalized spacial score (nSPS) is 21.1. The molecule has 0 aliphatic carbocycles. The predicted octanol–water partition coefficient (Wildman–Crippen LogP) is 2.77. The van der Waals surface area contributed by atoms with Crippen LogP contribution in [0, 0.1) is 0 Å². The molecule has 10 heteroatoms. The number of likely N-dealkylation sites (tertiary alicyclic amines) is 1. The molecule has 2 saturated heterocycles. The lowest BCUT2D eigenvalue weighted by atomic mass is 9.79. The molecule has 192 valence electrons. The van der Waals surface area contributed by atoms with Gasteiger partial charge in [0.15, 0.2) is 0 Å². The molecule has 35 heavy (non-hydrogen) atoms. The van der Waals surface area contributed by atoms with Crippen LogP contribution >= 0.6 is 0 Å². The van der Waals surface area contributed by atoms with Crippen LogP contribution in [-0.2, 0) is 30.2 Å². The van der Waals surface area contributed by atoms with E-state index in [1.807, 2.05) is 52.0 Å². The minimum Gasteiger partial charge on any atom is -0.442 e. The van der Waals surface area contributed by atoms with Gasteiger partial charge >= 0.3 is 13.2 Å². The first kappa shape index (κ1) is 27.0. The highest BCUT2D eigenvalue weighted by molar-refractivity contribution is 6.62. The molecule has 1 N–H and O–H groups in total. The molecule has 0 aromatic heterocycles. The van der Waals surface area contributed by atoms with Gasteiger partial charge in [-0.3, -0.25) is 15.0 Å². The van der Waals surface area contributed by atoms with Gasteiger partial charge in [-0.1, -0.05) is 24.3 Å². The number of carbonyl (C=O) groups excluding carboxylic acids is 3. The van der Waals surface area contributed by atoms with Crippen molar-refractivity contribution in [3.05, 3.63) is 29.8 Å². The van der Waals surface area contributed by atoms with E-state index >= 15 is 0 Å². The van der Waals surface area contributed by atoms with E-state index in [9.17, 15) is 14.4 Å². The number of rotatable bonds is 4. The van der Waals surface area contributed by atoms with Gasteiger partial charge in [0.2, 0.25) is 5.91 Å². The maximum absolute atomic E-state index is 13.0. The predicted molar refractivity (Wildman–Crippen MR) is 132 cm³/mol. The Kier molecular flexibility index (Phi) is 7.57. The van der Waals surface area contributed by atoms with E-state index in [1.54, 1.807) is 20.8 Å². The number of hydrogen-bond acceptors (Lipinski definition) is 6. The summed E-state index contributed by atoms with van der Waals surface area (Å²) >= 11 is 0. The highest BCUT2D eigenvalue weighted by atomic mass is 16.7. The monoisotopic (exact) mass is 487 g/mol. The van der Waals surface area contributed by atoms with Gasteiger partial charge in [0, 0.05) is 13.5 Å². The van der Waals surface area contributed by atoms with Crippen LogP contribution < -0.4 is 10.9 Å².